The molecule has 3 aromatic carbocycles. The van der Waals surface area contributed by atoms with Crippen molar-refractivity contribution in [3.8, 4) is 5.75 Å². The molecule has 0 aliphatic heterocycles. The van der Waals surface area contributed by atoms with Gasteiger partial charge in [-0.05, 0) is 56.0 Å². The minimum atomic E-state index is -1.82. The molecule has 0 heterocycles. The molecule has 0 radical (unpaired) electrons. The molecule has 3 aromatic rings. The second-order valence-corrected chi connectivity index (χ2v) is 13.0. The Morgan fingerprint density at radius 3 is 1.96 bits per heavy atom. The summed E-state index contributed by atoms with van der Waals surface area (Å²) in [7, 11) is -3.19. The average molecular weight is 395 g/mol. The van der Waals surface area contributed by atoms with Crippen LogP contribution in [0.3, 0.4) is 0 Å². The molecule has 27 heavy (non-hydrogen) atoms. The molecule has 0 aliphatic carbocycles. The van der Waals surface area contributed by atoms with Gasteiger partial charge in [0.15, 0.2) is 5.78 Å². The third-order valence-corrected chi connectivity index (χ3v) is 6.10. The van der Waals surface area contributed by atoms with Gasteiger partial charge in [0.2, 0.25) is 8.32 Å². The van der Waals surface area contributed by atoms with Crippen LogP contribution < -0.4 is 4.43 Å². The largest absolute Gasteiger partial charge is 0.543 e. The molecule has 0 bridgehead atoms. The summed E-state index contributed by atoms with van der Waals surface area (Å²) in [5.41, 5.74) is 1.22. The van der Waals surface area contributed by atoms with Crippen LogP contribution in [0.25, 0.3) is 0 Å². The predicted octanol–water partition coefficient (Wildman–Crippen LogP) is 5.30. The molecule has 0 saturated heterocycles. The normalized spacial score (nSPS) is 12.4. The molecule has 0 aliphatic rings. The zero-order valence-corrected chi connectivity index (χ0v) is 17.5. The molecule has 0 spiro atoms. The predicted molar refractivity (Wildman–Crippen MR) is 111 cm³/mol. The third-order valence-electron chi connectivity index (χ3n) is 3.83. The van der Waals surface area contributed by atoms with Gasteiger partial charge in [0.05, 0.1) is 15.7 Å². The molecule has 1 atom stereocenters. The Morgan fingerprint density at radius 2 is 1.33 bits per heavy atom. The zero-order valence-electron chi connectivity index (χ0n) is 15.6. The van der Waals surface area contributed by atoms with Crippen molar-refractivity contribution in [1.82, 2.24) is 0 Å². The quantitative estimate of drug-likeness (QED) is 0.421. The number of hydrogen-bond donors (Lipinski definition) is 0. The van der Waals surface area contributed by atoms with E-state index in [1.807, 2.05) is 42.5 Å². The molecule has 3 rings (SSSR count). The van der Waals surface area contributed by atoms with Crippen LogP contribution in [0.4, 0.5) is 0 Å². The molecular formula is C22H22O3SSi. The molecule has 0 saturated carbocycles. The maximum Gasteiger partial charge on any atom is 0.242 e. The van der Waals surface area contributed by atoms with E-state index in [9.17, 15) is 9.00 Å². The van der Waals surface area contributed by atoms with Crippen LogP contribution in [0.1, 0.15) is 15.9 Å². The van der Waals surface area contributed by atoms with Crippen molar-refractivity contribution in [2.45, 2.75) is 29.4 Å². The maximum absolute atomic E-state index is 13.1. The van der Waals surface area contributed by atoms with E-state index in [0.717, 1.165) is 0 Å². The van der Waals surface area contributed by atoms with Crippen LogP contribution in [0, 0.1) is 0 Å². The van der Waals surface area contributed by atoms with E-state index in [4.69, 9.17) is 4.43 Å². The lowest BCUT2D eigenvalue weighted by molar-refractivity contribution is 0.103. The zero-order chi connectivity index (χ0) is 19.4. The fourth-order valence-electron chi connectivity index (χ4n) is 2.63. The number of para-hydroxylation sites is 1. The van der Waals surface area contributed by atoms with E-state index in [2.05, 4.69) is 19.6 Å². The summed E-state index contributed by atoms with van der Waals surface area (Å²) < 4.78 is 19.2. The van der Waals surface area contributed by atoms with E-state index in [1.54, 1.807) is 36.4 Å². The first-order valence-electron chi connectivity index (χ1n) is 8.75. The second-order valence-electron chi connectivity index (χ2n) is 7.15. The Kier molecular flexibility index (Phi) is 5.73. The van der Waals surface area contributed by atoms with E-state index in [1.165, 1.54) is 0 Å². The molecule has 138 valence electrons. The highest BCUT2D eigenvalue weighted by Gasteiger charge is 2.21. The Bertz CT molecular complexity index is 961. The minimum absolute atomic E-state index is 0.0459. The molecular weight excluding hydrogens is 372 g/mol. The number of carbonyl (C=O) groups excluding carboxylic acids is 1. The van der Waals surface area contributed by atoms with Crippen LogP contribution in [0.15, 0.2) is 88.7 Å². The first kappa shape index (κ1) is 19.3. The highest BCUT2D eigenvalue weighted by Crippen LogP contribution is 2.28. The number of benzene rings is 3. The van der Waals surface area contributed by atoms with E-state index in [-0.39, 0.29) is 5.78 Å². The van der Waals surface area contributed by atoms with Gasteiger partial charge in [0, 0.05) is 16.0 Å². The number of carbonyl (C=O) groups is 1. The van der Waals surface area contributed by atoms with Crippen molar-refractivity contribution in [3.05, 3.63) is 90.0 Å². The summed E-state index contributed by atoms with van der Waals surface area (Å²) in [6, 6.07) is 23.5. The van der Waals surface area contributed by atoms with Crippen molar-refractivity contribution in [2.24, 2.45) is 0 Å². The number of rotatable bonds is 6. The van der Waals surface area contributed by atoms with Crippen molar-refractivity contribution < 1.29 is 13.4 Å². The monoisotopic (exact) mass is 394 g/mol. The highest BCUT2D eigenvalue weighted by atomic mass is 32.2. The standard InChI is InChI=1S/C22H22O3SSi/c1-27(2,3)25-20-11-7-8-12-21(20)26(24)19-15-13-18(14-16-19)22(23)17-9-5-4-6-10-17/h4-16H,1-3H3. The van der Waals surface area contributed by atoms with E-state index in [0.29, 0.717) is 26.7 Å². The van der Waals surface area contributed by atoms with Crippen molar-refractivity contribution >= 4 is 24.9 Å². The lowest BCUT2D eigenvalue weighted by atomic mass is 10.0. The molecule has 0 aromatic heterocycles. The van der Waals surface area contributed by atoms with Crippen LogP contribution in [0.5, 0.6) is 5.75 Å². The summed E-state index contributed by atoms with van der Waals surface area (Å²) in [5.74, 6) is 0.620. The Morgan fingerprint density at radius 1 is 0.778 bits per heavy atom. The van der Waals surface area contributed by atoms with Gasteiger partial charge in [-0.2, -0.15) is 0 Å². The highest BCUT2D eigenvalue weighted by molar-refractivity contribution is 7.85. The van der Waals surface area contributed by atoms with Gasteiger partial charge in [-0.25, -0.2) is 4.21 Å². The van der Waals surface area contributed by atoms with Crippen molar-refractivity contribution in [1.29, 1.82) is 0 Å². The first-order valence-corrected chi connectivity index (χ1v) is 13.3. The van der Waals surface area contributed by atoms with Crippen LogP contribution in [-0.4, -0.2) is 18.3 Å². The molecule has 0 N–H and O–H groups in total. The SMILES string of the molecule is C[Si](C)(C)Oc1ccccc1S(=O)c1ccc(C(=O)c2ccccc2)cc1. The Balaban J connectivity index is 1.86. The van der Waals surface area contributed by atoms with Crippen LogP contribution in [-0.2, 0) is 10.8 Å². The smallest absolute Gasteiger partial charge is 0.242 e. The van der Waals surface area contributed by atoms with Gasteiger partial charge in [0.1, 0.15) is 5.75 Å². The summed E-state index contributed by atoms with van der Waals surface area (Å²) >= 11 is 0. The minimum Gasteiger partial charge on any atom is -0.543 e. The fourth-order valence-corrected chi connectivity index (χ4v) is 4.67. The van der Waals surface area contributed by atoms with Crippen LogP contribution in [0.2, 0.25) is 19.6 Å². The van der Waals surface area contributed by atoms with Gasteiger partial charge < -0.3 is 4.43 Å². The molecule has 0 fully saturated rings. The topological polar surface area (TPSA) is 43.4 Å². The molecule has 5 heteroatoms. The van der Waals surface area contributed by atoms with Crippen molar-refractivity contribution in [2.75, 3.05) is 0 Å². The number of hydrogen-bond acceptors (Lipinski definition) is 3. The molecule has 0 amide bonds. The van der Waals surface area contributed by atoms with Crippen molar-refractivity contribution in [3.63, 3.8) is 0 Å². The molecule has 1 unspecified atom stereocenters. The summed E-state index contributed by atoms with van der Waals surface area (Å²) in [5, 5.41) is 0. The van der Waals surface area contributed by atoms with E-state index >= 15 is 0 Å². The van der Waals surface area contributed by atoms with E-state index < -0.39 is 19.1 Å². The lowest BCUT2D eigenvalue weighted by Crippen LogP contribution is -2.29. The summed E-state index contributed by atoms with van der Waals surface area (Å²) in [6.07, 6.45) is 0. The second kappa shape index (κ2) is 8.02. The Hall–Kier alpha value is -2.50. The van der Waals surface area contributed by atoms with Gasteiger partial charge in [-0.1, -0.05) is 42.5 Å². The first-order chi connectivity index (χ1) is 12.8. The summed E-state index contributed by atoms with van der Waals surface area (Å²) in [6.45, 7) is 6.28. The Labute approximate surface area is 163 Å². The van der Waals surface area contributed by atoms with Crippen LogP contribution >= 0.6 is 0 Å². The fraction of sp³-hybridized carbons (Fsp3) is 0.136. The average Bonchev–Trinajstić information content (AvgIpc) is 2.67. The maximum atomic E-state index is 13.1. The van der Waals surface area contributed by atoms with Gasteiger partial charge in [0.25, 0.3) is 0 Å². The lowest BCUT2D eigenvalue weighted by Gasteiger charge is -2.21. The number of ketones is 1. The van der Waals surface area contributed by atoms with Gasteiger partial charge >= 0.3 is 0 Å². The van der Waals surface area contributed by atoms with Gasteiger partial charge in [-0.3, -0.25) is 4.79 Å². The molecule has 3 nitrogen and oxygen atoms in total. The van der Waals surface area contributed by atoms with Gasteiger partial charge in [-0.15, -0.1) is 0 Å². The summed E-state index contributed by atoms with van der Waals surface area (Å²) in [4.78, 5) is 13.8. The third kappa shape index (κ3) is 4.81.